The summed E-state index contributed by atoms with van der Waals surface area (Å²) in [5, 5.41) is 17.6. The molecule has 0 aliphatic carbocycles. The van der Waals surface area contributed by atoms with Gasteiger partial charge >= 0.3 is 6.09 Å². The van der Waals surface area contributed by atoms with Crippen molar-refractivity contribution >= 4 is 12.0 Å². The van der Waals surface area contributed by atoms with E-state index in [2.05, 4.69) is 27.7 Å². The summed E-state index contributed by atoms with van der Waals surface area (Å²) in [6.07, 6.45) is 0.505. The molecule has 41 heavy (non-hydrogen) atoms. The van der Waals surface area contributed by atoms with Crippen LogP contribution in [0.2, 0.25) is 0 Å². The fraction of sp³-hybridized carbons (Fsp3) is 0.412. The van der Waals surface area contributed by atoms with Crippen LogP contribution in [0.4, 0.5) is 4.79 Å². The average molecular weight is 558 g/mol. The maximum absolute atomic E-state index is 13.4. The first-order valence-corrected chi connectivity index (χ1v) is 14.5. The van der Waals surface area contributed by atoms with E-state index in [9.17, 15) is 14.7 Å². The normalized spacial score (nSPS) is 18.8. The number of carbonyl (C=O) groups excluding carboxylic acids is 2. The first-order chi connectivity index (χ1) is 19.7. The number of nitrogens with one attached hydrogen (secondary N) is 2. The molecular weight excluding hydrogens is 514 g/mol. The van der Waals surface area contributed by atoms with Crippen LogP contribution in [-0.2, 0) is 29.0 Å². The van der Waals surface area contributed by atoms with Crippen LogP contribution in [0.25, 0.3) is 0 Å². The minimum absolute atomic E-state index is 0.0323. The third kappa shape index (κ3) is 9.73. The molecule has 1 unspecified atom stereocenters. The number of aliphatic hydroxyl groups is 1. The standard InChI is InChI=1S/C34H43N3O4/c1-34(2,3)36-32(39)30-21-28(19-25-13-7-4-8-14-25)22-37(30)23-31(38)29(20-26-15-9-5-10-16-26)35-33(40)41-24-27-17-11-6-12-18-27/h4-18,28-31,38H,19-24H2,1-3H3,(H,35,40)(H,36,39)/t28?,29-,30-,31+/m0/s1. The zero-order valence-corrected chi connectivity index (χ0v) is 24.3. The van der Waals surface area contributed by atoms with E-state index in [1.807, 2.05) is 99.6 Å². The predicted octanol–water partition coefficient (Wildman–Crippen LogP) is 4.73. The average Bonchev–Trinajstić information content (AvgIpc) is 3.34. The highest BCUT2D eigenvalue weighted by atomic mass is 16.5. The number of hydrogen-bond donors (Lipinski definition) is 3. The van der Waals surface area contributed by atoms with Crippen LogP contribution in [-0.4, -0.2) is 58.8 Å². The largest absolute Gasteiger partial charge is 0.445 e. The number of ether oxygens (including phenoxy) is 1. The molecule has 1 fully saturated rings. The first kappa shape index (κ1) is 30.3. The number of carbonyl (C=O) groups is 2. The van der Waals surface area contributed by atoms with Crippen LogP contribution in [0.15, 0.2) is 91.0 Å². The molecular formula is C34H43N3O4. The molecule has 0 radical (unpaired) electrons. The second-order valence-corrected chi connectivity index (χ2v) is 12.1. The molecule has 2 amide bonds. The second-order valence-electron chi connectivity index (χ2n) is 12.1. The van der Waals surface area contributed by atoms with Crippen molar-refractivity contribution in [2.45, 2.75) is 70.4 Å². The van der Waals surface area contributed by atoms with Gasteiger partial charge in [-0.15, -0.1) is 0 Å². The van der Waals surface area contributed by atoms with Crippen molar-refractivity contribution in [2.24, 2.45) is 5.92 Å². The van der Waals surface area contributed by atoms with Gasteiger partial charge in [-0.25, -0.2) is 4.79 Å². The van der Waals surface area contributed by atoms with E-state index in [1.165, 1.54) is 5.56 Å². The molecule has 3 aromatic rings. The number of β-amino-alcohol motifs (C(OH)–C–C–N with tert-alkyl or cyclic N) is 1. The summed E-state index contributed by atoms with van der Waals surface area (Å²) in [5.41, 5.74) is 2.75. The summed E-state index contributed by atoms with van der Waals surface area (Å²) < 4.78 is 5.48. The van der Waals surface area contributed by atoms with Crippen LogP contribution in [0.1, 0.15) is 43.9 Å². The Kier molecular flexibility index (Phi) is 10.6. The van der Waals surface area contributed by atoms with Crippen molar-refractivity contribution in [1.82, 2.24) is 15.5 Å². The van der Waals surface area contributed by atoms with Gasteiger partial charge in [-0.2, -0.15) is 0 Å². The highest BCUT2D eigenvalue weighted by Gasteiger charge is 2.39. The van der Waals surface area contributed by atoms with Gasteiger partial charge in [0.2, 0.25) is 5.91 Å². The SMILES string of the molecule is CC(C)(C)NC(=O)[C@@H]1CC(Cc2ccccc2)CN1C[C@@H](O)[C@H](Cc1ccccc1)NC(=O)OCc1ccccc1. The Morgan fingerprint density at radius 1 is 0.902 bits per heavy atom. The molecule has 4 atom stereocenters. The molecule has 0 spiro atoms. The van der Waals surface area contributed by atoms with Crippen LogP contribution in [0.3, 0.4) is 0 Å². The fourth-order valence-electron chi connectivity index (χ4n) is 5.46. The molecule has 1 aliphatic heterocycles. The van der Waals surface area contributed by atoms with Crippen LogP contribution in [0.5, 0.6) is 0 Å². The molecule has 4 rings (SSSR count). The second kappa shape index (κ2) is 14.3. The van der Waals surface area contributed by atoms with Gasteiger partial charge in [-0.1, -0.05) is 91.0 Å². The molecule has 1 saturated heterocycles. The smallest absolute Gasteiger partial charge is 0.407 e. The fourth-order valence-corrected chi connectivity index (χ4v) is 5.46. The van der Waals surface area contributed by atoms with Crippen molar-refractivity contribution in [3.8, 4) is 0 Å². The summed E-state index contributed by atoms with van der Waals surface area (Å²) >= 11 is 0. The monoisotopic (exact) mass is 557 g/mol. The number of hydrogen-bond acceptors (Lipinski definition) is 5. The van der Waals surface area contributed by atoms with Crippen LogP contribution in [0, 0.1) is 5.92 Å². The van der Waals surface area contributed by atoms with Crippen molar-refractivity contribution < 1.29 is 19.4 Å². The van der Waals surface area contributed by atoms with Gasteiger partial charge in [0.15, 0.2) is 0 Å². The van der Waals surface area contributed by atoms with Crippen LogP contribution >= 0.6 is 0 Å². The molecule has 218 valence electrons. The lowest BCUT2D eigenvalue weighted by Gasteiger charge is -2.32. The number of benzene rings is 3. The van der Waals surface area contributed by atoms with E-state index in [-0.39, 0.29) is 36.6 Å². The Hall–Kier alpha value is -3.68. The summed E-state index contributed by atoms with van der Waals surface area (Å²) in [6, 6.07) is 28.6. The molecule has 0 bridgehead atoms. The van der Waals surface area contributed by atoms with Crippen molar-refractivity contribution in [1.29, 1.82) is 0 Å². The number of rotatable bonds is 11. The van der Waals surface area contributed by atoms with E-state index in [4.69, 9.17) is 4.74 Å². The minimum Gasteiger partial charge on any atom is -0.445 e. The molecule has 1 aliphatic rings. The lowest BCUT2D eigenvalue weighted by molar-refractivity contribution is -0.127. The molecule has 0 aromatic heterocycles. The van der Waals surface area contributed by atoms with E-state index in [1.54, 1.807) is 0 Å². The van der Waals surface area contributed by atoms with Gasteiger partial charge in [0.1, 0.15) is 6.61 Å². The number of amides is 2. The molecule has 3 aromatic carbocycles. The summed E-state index contributed by atoms with van der Waals surface area (Å²) in [7, 11) is 0. The third-order valence-electron chi connectivity index (χ3n) is 7.36. The third-order valence-corrected chi connectivity index (χ3v) is 7.36. The Morgan fingerprint density at radius 3 is 2.05 bits per heavy atom. The Morgan fingerprint density at radius 2 is 1.46 bits per heavy atom. The zero-order chi connectivity index (χ0) is 29.2. The topological polar surface area (TPSA) is 90.9 Å². The Balaban J connectivity index is 1.47. The predicted molar refractivity (Wildman–Crippen MR) is 161 cm³/mol. The molecule has 7 nitrogen and oxygen atoms in total. The van der Waals surface area contributed by atoms with E-state index in [0.29, 0.717) is 19.4 Å². The number of nitrogens with zero attached hydrogens (tertiary/aromatic N) is 1. The van der Waals surface area contributed by atoms with Crippen LogP contribution < -0.4 is 10.6 Å². The van der Waals surface area contributed by atoms with Gasteiger partial charge in [0.05, 0.1) is 18.2 Å². The Labute approximate surface area is 243 Å². The molecule has 0 saturated carbocycles. The highest BCUT2D eigenvalue weighted by Crippen LogP contribution is 2.28. The Bertz CT molecular complexity index is 1230. The first-order valence-electron chi connectivity index (χ1n) is 14.5. The molecule has 7 heteroatoms. The summed E-state index contributed by atoms with van der Waals surface area (Å²) in [5.74, 6) is 0.242. The van der Waals surface area contributed by atoms with E-state index in [0.717, 1.165) is 17.5 Å². The lowest BCUT2D eigenvalue weighted by atomic mass is 9.96. The zero-order valence-electron chi connectivity index (χ0n) is 24.3. The lowest BCUT2D eigenvalue weighted by Crippen LogP contribution is -2.54. The van der Waals surface area contributed by atoms with E-state index < -0.39 is 18.2 Å². The van der Waals surface area contributed by atoms with Gasteiger partial charge in [0, 0.05) is 18.6 Å². The highest BCUT2D eigenvalue weighted by molar-refractivity contribution is 5.82. The number of likely N-dealkylation sites (tertiary alicyclic amines) is 1. The summed E-state index contributed by atoms with van der Waals surface area (Å²) in [6.45, 7) is 7.00. The minimum atomic E-state index is -0.917. The number of aliphatic hydroxyl groups excluding tert-OH is 1. The van der Waals surface area contributed by atoms with Crippen molar-refractivity contribution in [3.63, 3.8) is 0 Å². The summed E-state index contributed by atoms with van der Waals surface area (Å²) in [4.78, 5) is 28.3. The maximum Gasteiger partial charge on any atom is 0.407 e. The number of alkyl carbamates (subject to hydrolysis) is 1. The van der Waals surface area contributed by atoms with Crippen molar-refractivity contribution in [2.75, 3.05) is 13.1 Å². The van der Waals surface area contributed by atoms with Gasteiger partial charge in [-0.3, -0.25) is 9.69 Å². The molecule has 1 heterocycles. The molecule has 3 N–H and O–H groups in total. The van der Waals surface area contributed by atoms with E-state index >= 15 is 0 Å². The quantitative estimate of drug-likeness (QED) is 0.317. The van der Waals surface area contributed by atoms with Gasteiger partial charge < -0.3 is 20.5 Å². The van der Waals surface area contributed by atoms with Gasteiger partial charge in [-0.05, 0) is 62.6 Å². The van der Waals surface area contributed by atoms with Gasteiger partial charge in [0.25, 0.3) is 0 Å². The maximum atomic E-state index is 13.4. The van der Waals surface area contributed by atoms with Crippen molar-refractivity contribution in [3.05, 3.63) is 108 Å².